The molecule has 7 nitrogen and oxygen atoms in total. The second-order valence-corrected chi connectivity index (χ2v) is 7.20. The Morgan fingerprint density at radius 1 is 0.857 bits per heavy atom. The Balaban J connectivity index is 0.00000225. The van der Waals surface area contributed by atoms with Gasteiger partial charge in [-0.25, -0.2) is 0 Å². The number of benzene rings is 3. The first kappa shape index (κ1) is 20.4. The first-order valence-electron chi connectivity index (χ1n) is 7.93. The summed E-state index contributed by atoms with van der Waals surface area (Å²) in [5.41, 5.74) is 1.16. The number of fused-ring (bicyclic) bond motifs is 2. The van der Waals surface area contributed by atoms with Gasteiger partial charge in [0.2, 0.25) is 0 Å². The number of aromatic hydroxyl groups is 1. The zero-order chi connectivity index (χ0) is 19.0. The van der Waals surface area contributed by atoms with Gasteiger partial charge in [-0.15, -0.1) is 10.2 Å². The van der Waals surface area contributed by atoms with Crippen LogP contribution in [0.4, 0.5) is 11.4 Å². The largest absolute Gasteiger partial charge is 0.506 e. The third-order valence-corrected chi connectivity index (χ3v) is 5.01. The molecule has 1 heterocycles. The van der Waals surface area contributed by atoms with Crippen molar-refractivity contribution in [1.82, 2.24) is 4.98 Å². The van der Waals surface area contributed by atoms with E-state index in [0.29, 0.717) is 27.7 Å². The molecule has 0 fully saturated rings. The van der Waals surface area contributed by atoms with Gasteiger partial charge in [0.1, 0.15) is 16.2 Å². The molecule has 0 aliphatic carbocycles. The normalized spacial score (nSPS) is 11.8. The summed E-state index contributed by atoms with van der Waals surface area (Å²) in [5, 5.41) is 19.8. The van der Waals surface area contributed by atoms with E-state index >= 15 is 0 Å². The van der Waals surface area contributed by atoms with E-state index in [1.807, 2.05) is 0 Å². The summed E-state index contributed by atoms with van der Waals surface area (Å²) in [6.07, 6.45) is 1.56. The number of rotatable bonds is 3. The molecule has 3 aromatic carbocycles. The van der Waals surface area contributed by atoms with E-state index < -0.39 is 10.1 Å². The van der Waals surface area contributed by atoms with Crippen molar-refractivity contribution in [2.45, 2.75) is 4.90 Å². The van der Waals surface area contributed by atoms with E-state index in [4.69, 9.17) is 0 Å². The van der Waals surface area contributed by atoms with Crippen LogP contribution in [0.1, 0.15) is 0 Å². The molecular formula is C19H13N3NaO4S. The van der Waals surface area contributed by atoms with Crippen LogP contribution in [0.3, 0.4) is 0 Å². The fraction of sp³-hybridized carbons (Fsp3) is 0. The SMILES string of the molecule is O=S(=O)(O)c1cccc2cccc(N=Nc3ccc(O)c4ncccc34)c12.[Na]. The van der Waals surface area contributed by atoms with Gasteiger partial charge in [0.05, 0.1) is 11.4 Å². The first-order chi connectivity index (χ1) is 12.9. The molecule has 0 saturated carbocycles. The van der Waals surface area contributed by atoms with Crippen LogP contribution in [0.15, 0.2) is 82.0 Å². The minimum absolute atomic E-state index is 0. The maximum Gasteiger partial charge on any atom is 0.295 e. The number of pyridine rings is 1. The van der Waals surface area contributed by atoms with Crippen molar-refractivity contribution in [3.8, 4) is 5.75 Å². The van der Waals surface area contributed by atoms with E-state index in [9.17, 15) is 18.1 Å². The fourth-order valence-corrected chi connectivity index (χ4v) is 3.65. The molecule has 4 rings (SSSR count). The van der Waals surface area contributed by atoms with Crippen molar-refractivity contribution in [3.05, 3.63) is 66.9 Å². The number of hydrogen-bond acceptors (Lipinski definition) is 6. The van der Waals surface area contributed by atoms with Crippen molar-refractivity contribution in [2.75, 3.05) is 0 Å². The minimum atomic E-state index is -4.42. The molecule has 0 aliphatic heterocycles. The molecule has 28 heavy (non-hydrogen) atoms. The predicted molar refractivity (Wildman–Crippen MR) is 107 cm³/mol. The smallest absolute Gasteiger partial charge is 0.295 e. The van der Waals surface area contributed by atoms with Gasteiger partial charge in [-0.2, -0.15) is 8.42 Å². The van der Waals surface area contributed by atoms with Crippen molar-refractivity contribution in [2.24, 2.45) is 10.2 Å². The van der Waals surface area contributed by atoms with E-state index in [0.717, 1.165) is 0 Å². The second-order valence-electron chi connectivity index (χ2n) is 5.81. The third-order valence-electron chi connectivity index (χ3n) is 4.11. The topological polar surface area (TPSA) is 112 Å². The predicted octanol–water partition coefficient (Wildman–Crippen LogP) is 4.37. The number of hydrogen-bond donors (Lipinski definition) is 2. The third kappa shape index (κ3) is 3.78. The van der Waals surface area contributed by atoms with Crippen LogP contribution >= 0.6 is 0 Å². The number of nitrogens with zero attached hydrogens (tertiary/aromatic N) is 3. The fourth-order valence-electron chi connectivity index (χ4n) is 2.92. The molecule has 2 N–H and O–H groups in total. The average molecular weight is 402 g/mol. The summed E-state index contributed by atoms with van der Waals surface area (Å²) in [7, 11) is -4.42. The number of azo groups is 1. The summed E-state index contributed by atoms with van der Waals surface area (Å²) in [6.45, 7) is 0. The monoisotopic (exact) mass is 402 g/mol. The molecule has 0 unspecified atom stereocenters. The molecule has 9 heteroatoms. The van der Waals surface area contributed by atoms with E-state index in [2.05, 4.69) is 15.2 Å². The molecule has 1 aromatic heterocycles. The van der Waals surface area contributed by atoms with Gasteiger partial charge in [0.25, 0.3) is 10.1 Å². The maximum atomic E-state index is 11.7. The van der Waals surface area contributed by atoms with E-state index in [-0.39, 0.29) is 45.6 Å². The average Bonchev–Trinajstić information content (AvgIpc) is 2.66. The van der Waals surface area contributed by atoms with Crippen molar-refractivity contribution >= 4 is 72.7 Å². The van der Waals surface area contributed by atoms with Crippen LogP contribution in [-0.4, -0.2) is 52.6 Å². The van der Waals surface area contributed by atoms with Gasteiger partial charge < -0.3 is 5.11 Å². The molecule has 0 bridgehead atoms. The molecule has 0 amide bonds. The van der Waals surface area contributed by atoms with Gasteiger partial charge in [-0.3, -0.25) is 9.54 Å². The van der Waals surface area contributed by atoms with Crippen LogP contribution in [0.5, 0.6) is 5.75 Å². The van der Waals surface area contributed by atoms with Crippen molar-refractivity contribution in [1.29, 1.82) is 0 Å². The van der Waals surface area contributed by atoms with Crippen LogP contribution in [-0.2, 0) is 10.1 Å². The Kier molecular flexibility index (Phi) is 5.78. The maximum absolute atomic E-state index is 11.7. The quantitative estimate of drug-likeness (QED) is 0.300. The molecule has 135 valence electrons. The Labute approximate surface area is 182 Å². The standard InChI is InChI=1S/C19H13N3O4S.Na/c23-16-10-9-14(13-6-3-11-20-19(13)16)21-22-15-7-1-4-12-5-2-8-17(18(12)15)27(24,25)26;/h1-11,23H,(H,24,25,26);. The molecular weight excluding hydrogens is 389 g/mol. The second kappa shape index (κ2) is 7.94. The van der Waals surface area contributed by atoms with Gasteiger partial charge in [0.15, 0.2) is 0 Å². The summed E-state index contributed by atoms with van der Waals surface area (Å²) in [4.78, 5) is 3.90. The summed E-state index contributed by atoms with van der Waals surface area (Å²) in [6, 6.07) is 16.2. The summed E-state index contributed by atoms with van der Waals surface area (Å²) in [5.74, 6) is 0.0309. The van der Waals surface area contributed by atoms with Gasteiger partial charge in [-0.05, 0) is 41.8 Å². The molecule has 0 saturated heterocycles. The van der Waals surface area contributed by atoms with Gasteiger partial charge in [0, 0.05) is 46.5 Å². The molecule has 0 atom stereocenters. The molecule has 0 spiro atoms. The Morgan fingerprint density at radius 3 is 2.32 bits per heavy atom. The number of phenols is 1. The van der Waals surface area contributed by atoms with Crippen LogP contribution in [0.25, 0.3) is 21.7 Å². The zero-order valence-corrected chi connectivity index (χ0v) is 17.6. The number of phenolic OH excluding ortho intramolecular Hbond substituents is 1. The molecule has 0 aliphatic rings. The van der Waals surface area contributed by atoms with E-state index in [1.165, 1.54) is 12.1 Å². The summed E-state index contributed by atoms with van der Waals surface area (Å²) < 4.78 is 33.0. The van der Waals surface area contributed by atoms with Crippen LogP contribution < -0.4 is 0 Å². The zero-order valence-electron chi connectivity index (χ0n) is 14.8. The van der Waals surface area contributed by atoms with Crippen LogP contribution in [0, 0.1) is 0 Å². The van der Waals surface area contributed by atoms with Crippen LogP contribution in [0.2, 0.25) is 0 Å². The first-order valence-corrected chi connectivity index (χ1v) is 9.37. The Bertz CT molecular complexity index is 1320. The minimum Gasteiger partial charge on any atom is -0.506 e. The summed E-state index contributed by atoms with van der Waals surface area (Å²) >= 11 is 0. The Morgan fingerprint density at radius 2 is 1.57 bits per heavy atom. The van der Waals surface area contributed by atoms with Crippen molar-refractivity contribution < 1.29 is 18.1 Å². The van der Waals surface area contributed by atoms with Gasteiger partial charge >= 0.3 is 0 Å². The molecule has 4 aromatic rings. The number of aromatic nitrogens is 1. The van der Waals surface area contributed by atoms with Gasteiger partial charge in [-0.1, -0.05) is 24.3 Å². The van der Waals surface area contributed by atoms with E-state index in [1.54, 1.807) is 54.7 Å². The Hall–Kier alpha value is -2.36. The van der Waals surface area contributed by atoms with Crippen molar-refractivity contribution in [3.63, 3.8) is 0 Å². The molecule has 1 radical (unpaired) electrons.